The number of para-hydroxylation sites is 8. The fourth-order valence-corrected chi connectivity index (χ4v) is 8.95. The third-order valence-electron chi connectivity index (χ3n) is 11.0. The van der Waals surface area contributed by atoms with Gasteiger partial charge in [-0.05, 0) is 48.5 Å². The van der Waals surface area contributed by atoms with Crippen LogP contribution in [0.2, 0.25) is 0 Å². The van der Waals surface area contributed by atoms with Crippen molar-refractivity contribution in [3.8, 4) is 17.1 Å². The number of hydrogen-bond acceptors (Lipinski definition) is 1. The Hall–Kier alpha value is -7.04. The van der Waals surface area contributed by atoms with Crippen LogP contribution in [0, 0.1) is 0 Å². The first-order valence-electron chi connectivity index (χ1n) is 17.8. The molecule has 0 amide bonds. The molecule has 0 unspecified atom stereocenters. The van der Waals surface area contributed by atoms with E-state index in [4.69, 9.17) is 4.42 Å². The van der Waals surface area contributed by atoms with Gasteiger partial charge in [0.05, 0.1) is 50.2 Å². The minimum atomic E-state index is 0.884. The van der Waals surface area contributed by atoms with E-state index in [0.717, 1.165) is 55.6 Å². The lowest BCUT2D eigenvalue weighted by Gasteiger charge is -2.17. The first kappa shape index (κ1) is 27.7. The minimum absolute atomic E-state index is 0.884. The molecule has 12 rings (SSSR count). The molecule has 0 bridgehead atoms. The Morgan fingerprint density at radius 3 is 1.19 bits per heavy atom. The Morgan fingerprint density at radius 2 is 0.635 bits per heavy atom. The number of hydrogen-bond donors (Lipinski definition) is 0. The van der Waals surface area contributed by atoms with Gasteiger partial charge in [-0.3, -0.25) is 0 Å². The third kappa shape index (κ3) is 3.55. The molecule has 0 aliphatic carbocycles. The van der Waals surface area contributed by atoms with Crippen LogP contribution in [0.5, 0.6) is 0 Å². The molecule has 8 aromatic carbocycles. The molecule has 4 heteroatoms. The molecular formula is C48H29N3O. The maximum atomic E-state index is 6.70. The Kier molecular flexibility index (Phi) is 5.47. The number of fused-ring (bicyclic) bond motifs is 12. The van der Waals surface area contributed by atoms with E-state index in [1.54, 1.807) is 0 Å². The zero-order valence-electron chi connectivity index (χ0n) is 28.0. The summed E-state index contributed by atoms with van der Waals surface area (Å²) in [5.41, 5.74) is 12.0. The number of rotatable bonds is 3. The smallest absolute Gasteiger partial charge is 0.159 e. The topological polar surface area (TPSA) is 27.9 Å². The molecule has 0 aliphatic rings. The van der Waals surface area contributed by atoms with Gasteiger partial charge in [0.2, 0.25) is 0 Å². The summed E-state index contributed by atoms with van der Waals surface area (Å²) in [6.07, 6.45) is 0. The van der Waals surface area contributed by atoms with Crippen LogP contribution < -0.4 is 0 Å². The molecule has 4 heterocycles. The standard InChI is InChI=1S/C48H29N3O/c1-6-22-38-30(14-1)31-15-2-7-23-39(31)49(38)42-26-11-19-35-32-16-3-8-24-40(32)50(46(35)42)43-27-12-20-36-33-17-4-9-25-41(33)51(47(36)43)44-28-13-21-37-34-18-5-10-29-45(34)52-48(37)44/h1-29H. The summed E-state index contributed by atoms with van der Waals surface area (Å²) in [7, 11) is 0. The molecular weight excluding hydrogens is 635 g/mol. The lowest BCUT2D eigenvalue weighted by atomic mass is 10.1. The summed E-state index contributed by atoms with van der Waals surface area (Å²) in [6.45, 7) is 0. The van der Waals surface area contributed by atoms with Crippen molar-refractivity contribution >= 4 is 87.4 Å². The second kappa shape index (κ2) is 10.3. The monoisotopic (exact) mass is 663 g/mol. The predicted octanol–water partition coefficient (Wildman–Crippen LogP) is 12.9. The van der Waals surface area contributed by atoms with E-state index < -0.39 is 0 Å². The van der Waals surface area contributed by atoms with Crippen molar-refractivity contribution in [2.45, 2.75) is 0 Å². The summed E-state index contributed by atoms with van der Waals surface area (Å²) < 4.78 is 14.1. The van der Waals surface area contributed by atoms with Gasteiger partial charge in [0.1, 0.15) is 5.58 Å². The van der Waals surface area contributed by atoms with E-state index in [9.17, 15) is 0 Å². The summed E-state index contributed by atoms with van der Waals surface area (Å²) in [5, 5.41) is 9.57. The molecule has 12 aromatic rings. The highest BCUT2D eigenvalue weighted by molar-refractivity contribution is 6.18. The van der Waals surface area contributed by atoms with Crippen LogP contribution in [0.25, 0.3) is 104 Å². The Morgan fingerprint density at radius 1 is 0.269 bits per heavy atom. The maximum absolute atomic E-state index is 6.70. The zero-order chi connectivity index (χ0) is 33.9. The van der Waals surface area contributed by atoms with Gasteiger partial charge >= 0.3 is 0 Å². The summed E-state index contributed by atoms with van der Waals surface area (Å²) in [6, 6.07) is 63.5. The number of nitrogens with zero attached hydrogens (tertiary/aromatic N) is 3. The first-order valence-corrected chi connectivity index (χ1v) is 17.8. The second-order valence-corrected chi connectivity index (χ2v) is 13.7. The Bertz CT molecular complexity index is 3370. The quantitative estimate of drug-likeness (QED) is 0.185. The number of benzene rings is 8. The number of aromatic nitrogens is 3. The molecule has 0 atom stereocenters. The lowest BCUT2D eigenvalue weighted by Crippen LogP contribution is -2.03. The normalized spacial score (nSPS) is 12.2. The lowest BCUT2D eigenvalue weighted by molar-refractivity contribution is 0.666. The van der Waals surface area contributed by atoms with E-state index in [2.05, 4.69) is 184 Å². The molecule has 0 saturated heterocycles. The molecule has 0 fully saturated rings. The second-order valence-electron chi connectivity index (χ2n) is 13.7. The molecule has 4 nitrogen and oxygen atoms in total. The van der Waals surface area contributed by atoms with Gasteiger partial charge in [0.25, 0.3) is 0 Å². The summed E-state index contributed by atoms with van der Waals surface area (Å²) in [5.74, 6) is 0. The van der Waals surface area contributed by atoms with Crippen molar-refractivity contribution in [1.29, 1.82) is 0 Å². The van der Waals surface area contributed by atoms with Gasteiger partial charge in [0, 0.05) is 43.1 Å². The van der Waals surface area contributed by atoms with Gasteiger partial charge in [-0.1, -0.05) is 127 Å². The predicted molar refractivity (Wildman–Crippen MR) is 217 cm³/mol. The van der Waals surface area contributed by atoms with E-state index in [1.165, 1.54) is 48.9 Å². The average Bonchev–Trinajstić information content (AvgIpc) is 3.95. The molecule has 4 aromatic heterocycles. The average molecular weight is 664 g/mol. The molecule has 0 spiro atoms. The third-order valence-corrected chi connectivity index (χ3v) is 11.0. The Balaban J connectivity index is 1.28. The SMILES string of the molecule is c1ccc2c(c1)oc1c(-n3c4ccccc4c4cccc(-n5c6ccccc6c6cccc(-n7c8ccccc8c8ccccc87)c65)c43)cccc12. The van der Waals surface area contributed by atoms with Gasteiger partial charge in [-0.15, -0.1) is 0 Å². The van der Waals surface area contributed by atoms with Crippen molar-refractivity contribution in [2.75, 3.05) is 0 Å². The van der Waals surface area contributed by atoms with E-state index in [-0.39, 0.29) is 0 Å². The van der Waals surface area contributed by atoms with Crippen LogP contribution in [-0.4, -0.2) is 13.7 Å². The van der Waals surface area contributed by atoms with Gasteiger partial charge in [-0.2, -0.15) is 0 Å². The maximum Gasteiger partial charge on any atom is 0.159 e. The van der Waals surface area contributed by atoms with Crippen LogP contribution in [0.15, 0.2) is 180 Å². The van der Waals surface area contributed by atoms with Crippen molar-refractivity contribution in [3.63, 3.8) is 0 Å². The van der Waals surface area contributed by atoms with E-state index >= 15 is 0 Å². The molecule has 0 N–H and O–H groups in total. The van der Waals surface area contributed by atoms with E-state index in [1.807, 2.05) is 6.07 Å². The fourth-order valence-electron chi connectivity index (χ4n) is 8.95. The molecule has 52 heavy (non-hydrogen) atoms. The summed E-state index contributed by atoms with van der Waals surface area (Å²) in [4.78, 5) is 0. The van der Waals surface area contributed by atoms with Crippen LogP contribution in [-0.2, 0) is 0 Å². The molecule has 0 aliphatic heterocycles. The highest BCUT2D eigenvalue weighted by Gasteiger charge is 2.24. The van der Waals surface area contributed by atoms with Crippen molar-refractivity contribution in [3.05, 3.63) is 176 Å². The largest absolute Gasteiger partial charge is 0.454 e. The fraction of sp³-hybridized carbons (Fsp3) is 0. The van der Waals surface area contributed by atoms with Crippen molar-refractivity contribution in [1.82, 2.24) is 13.7 Å². The zero-order valence-corrected chi connectivity index (χ0v) is 28.0. The van der Waals surface area contributed by atoms with Gasteiger partial charge < -0.3 is 18.1 Å². The van der Waals surface area contributed by atoms with Crippen LogP contribution in [0.4, 0.5) is 0 Å². The van der Waals surface area contributed by atoms with E-state index in [0.29, 0.717) is 0 Å². The summed E-state index contributed by atoms with van der Waals surface area (Å²) >= 11 is 0. The molecule has 242 valence electrons. The minimum Gasteiger partial charge on any atom is -0.454 e. The van der Waals surface area contributed by atoms with Crippen LogP contribution in [0.1, 0.15) is 0 Å². The van der Waals surface area contributed by atoms with Crippen LogP contribution >= 0.6 is 0 Å². The Labute approximate surface area is 297 Å². The first-order chi connectivity index (χ1) is 25.8. The highest BCUT2D eigenvalue weighted by atomic mass is 16.3. The molecule has 0 saturated carbocycles. The number of furan rings is 1. The highest BCUT2D eigenvalue weighted by Crippen LogP contribution is 2.44. The van der Waals surface area contributed by atoms with Gasteiger partial charge in [-0.25, -0.2) is 0 Å². The van der Waals surface area contributed by atoms with Crippen molar-refractivity contribution < 1.29 is 4.42 Å². The van der Waals surface area contributed by atoms with Gasteiger partial charge in [0.15, 0.2) is 5.58 Å². The van der Waals surface area contributed by atoms with Crippen LogP contribution in [0.3, 0.4) is 0 Å². The van der Waals surface area contributed by atoms with Crippen molar-refractivity contribution in [2.24, 2.45) is 0 Å². The molecule has 0 radical (unpaired) electrons.